The summed E-state index contributed by atoms with van der Waals surface area (Å²) < 4.78 is 8.20. The summed E-state index contributed by atoms with van der Waals surface area (Å²) in [6.45, 7) is 4.32. The summed E-state index contributed by atoms with van der Waals surface area (Å²) in [7, 11) is 0. The maximum absolute atomic E-state index is 12.5. The molecule has 2 aromatic heterocycles. The van der Waals surface area contributed by atoms with Crippen molar-refractivity contribution >= 4 is 21.8 Å². The van der Waals surface area contributed by atoms with Gasteiger partial charge < -0.3 is 9.73 Å². The summed E-state index contributed by atoms with van der Waals surface area (Å²) in [6, 6.07) is 12.9. The third-order valence-electron chi connectivity index (χ3n) is 3.79. The maximum Gasteiger partial charge on any atom is 0.252 e. The van der Waals surface area contributed by atoms with Crippen molar-refractivity contribution in [1.82, 2.24) is 15.1 Å². The molecule has 3 rings (SSSR count). The summed E-state index contributed by atoms with van der Waals surface area (Å²) in [4.78, 5) is 12.5. The largest absolute Gasteiger partial charge is 0.467 e. The Morgan fingerprint density at radius 1 is 1.29 bits per heavy atom. The van der Waals surface area contributed by atoms with Gasteiger partial charge in [-0.1, -0.05) is 12.1 Å². The van der Waals surface area contributed by atoms with E-state index in [0.29, 0.717) is 12.1 Å². The smallest absolute Gasteiger partial charge is 0.252 e. The Hall–Kier alpha value is -2.34. The second-order valence-corrected chi connectivity index (χ2v) is 6.45. The Bertz CT molecular complexity index is 840. The first-order valence-electron chi connectivity index (χ1n) is 7.65. The molecule has 0 saturated heterocycles. The standard InChI is InChI=1S/C18H18BrN3O2/c1-12-10-13(2)22(21-12)16(17-8-5-9-24-17)11-20-18(23)14-6-3-4-7-15(14)19/h3-10,16H,11H2,1-2H3,(H,20,23). The second kappa shape index (κ2) is 7.05. The first kappa shape index (κ1) is 16.5. The van der Waals surface area contributed by atoms with Crippen LogP contribution in [-0.2, 0) is 0 Å². The van der Waals surface area contributed by atoms with Crippen molar-refractivity contribution in [3.05, 3.63) is 75.9 Å². The number of halogens is 1. The van der Waals surface area contributed by atoms with Gasteiger partial charge in [-0.15, -0.1) is 0 Å². The number of hydrogen-bond donors (Lipinski definition) is 1. The van der Waals surface area contributed by atoms with Crippen LogP contribution in [0.1, 0.15) is 33.5 Å². The quantitative estimate of drug-likeness (QED) is 0.722. The molecule has 1 atom stereocenters. The SMILES string of the molecule is Cc1cc(C)n(C(CNC(=O)c2ccccc2Br)c2ccco2)n1. The number of furan rings is 1. The van der Waals surface area contributed by atoms with Crippen LogP contribution in [0.15, 0.2) is 57.6 Å². The van der Waals surface area contributed by atoms with E-state index in [0.717, 1.165) is 21.6 Å². The Balaban J connectivity index is 1.82. The van der Waals surface area contributed by atoms with Crippen LogP contribution in [0.4, 0.5) is 0 Å². The number of nitrogens with one attached hydrogen (secondary N) is 1. The zero-order valence-electron chi connectivity index (χ0n) is 13.5. The number of carbonyl (C=O) groups is 1. The molecular weight excluding hydrogens is 370 g/mol. The molecule has 1 unspecified atom stereocenters. The Labute approximate surface area is 148 Å². The van der Waals surface area contributed by atoms with E-state index < -0.39 is 0 Å². The van der Waals surface area contributed by atoms with Crippen LogP contribution in [0.5, 0.6) is 0 Å². The van der Waals surface area contributed by atoms with E-state index in [1.165, 1.54) is 0 Å². The molecule has 124 valence electrons. The van der Waals surface area contributed by atoms with Crippen molar-refractivity contribution in [2.24, 2.45) is 0 Å². The molecular formula is C18H18BrN3O2. The topological polar surface area (TPSA) is 60.1 Å². The molecule has 2 heterocycles. The highest BCUT2D eigenvalue weighted by molar-refractivity contribution is 9.10. The third-order valence-corrected chi connectivity index (χ3v) is 4.48. The maximum atomic E-state index is 12.5. The minimum Gasteiger partial charge on any atom is -0.467 e. The average molecular weight is 388 g/mol. The molecule has 0 bridgehead atoms. The van der Waals surface area contributed by atoms with Gasteiger partial charge in [-0.25, -0.2) is 0 Å². The number of amides is 1. The van der Waals surface area contributed by atoms with Crippen LogP contribution in [0, 0.1) is 13.8 Å². The lowest BCUT2D eigenvalue weighted by atomic mass is 10.2. The van der Waals surface area contributed by atoms with E-state index in [-0.39, 0.29) is 11.9 Å². The Morgan fingerprint density at radius 3 is 2.71 bits per heavy atom. The number of benzene rings is 1. The normalized spacial score (nSPS) is 12.1. The Morgan fingerprint density at radius 2 is 2.08 bits per heavy atom. The van der Waals surface area contributed by atoms with E-state index >= 15 is 0 Å². The van der Waals surface area contributed by atoms with Crippen molar-refractivity contribution in [2.75, 3.05) is 6.54 Å². The summed E-state index contributed by atoms with van der Waals surface area (Å²) in [5, 5.41) is 7.50. The highest BCUT2D eigenvalue weighted by Gasteiger charge is 2.21. The van der Waals surface area contributed by atoms with Crippen LogP contribution < -0.4 is 5.32 Å². The lowest BCUT2D eigenvalue weighted by Crippen LogP contribution is -2.32. The molecule has 0 spiro atoms. The number of aromatic nitrogens is 2. The van der Waals surface area contributed by atoms with Gasteiger partial charge in [0.2, 0.25) is 0 Å². The zero-order valence-corrected chi connectivity index (χ0v) is 15.1. The summed E-state index contributed by atoms with van der Waals surface area (Å²) >= 11 is 3.41. The van der Waals surface area contributed by atoms with Gasteiger partial charge in [-0.2, -0.15) is 5.10 Å². The molecule has 0 fully saturated rings. The average Bonchev–Trinajstić information content (AvgIpc) is 3.18. The molecule has 0 radical (unpaired) electrons. The van der Waals surface area contributed by atoms with Gasteiger partial charge in [0.15, 0.2) is 0 Å². The molecule has 24 heavy (non-hydrogen) atoms. The fourth-order valence-corrected chi connectivity index (χ4v) is 3.14. The molecule has 0 saturated carbocycles. The Kier molecular flexibility index (Phi) is 4.85. The lowest BCUT2D eigenvalue weighted by Gasteiger charge is -2.18. The second-order valence-electron chi connectivity index (χ2n) is 5.59. The van der Waals surface area contributed by atoms with Crippen molar-refractivity contribution in [2.45, 2.75) is 19.9 Å². The predicted octanol–water partition coefficient (Wildman–Crippen LogP) is 3.87. The number of carbonyl (C=O) groups excluding carboxylic acids is 1. The molecule has 3 aromatic rings. The minimum atomic E-state index is -0.194. The molecule has 0 aliphatic rings. The van der Waals surface area contributed by atoms with Gasteiger partial charge >= 0.3 is 0 Å². The van der Waals surface area contributed by atoms with Crippen molar-refractivity contribution in [3.63, 3.8) is 0 Å². The van der Waals surface area contributed by atoms with E-state index in [9.17, 15) is 4.79 Å². The van der Waals surface area contributed by atoms with Crippen LogP contribution in [0.3, 0.4) is 0 Å². The van der Waals surface area contributed by atoms with Crippen molar-refractivity contribution in [1.29, 1.82) is 0 Å². The summed E-state index contributed by atoms with van der Waals surface area (Å²) in [5.41, 5.74) is 2.55. The van der Waals surface area contributed by atoms with Crippen LogP contribution in [0.2, 0.25) is 0 Å². The molecule has 1 amide bonds. The van der Waals surface area contributed by atoms with Crippen molar-refractivity contribution < 1.29 is 9.21 Å². The van der Waals surface area contributed by atoms with Gasteiger partial charge in [0.25, 0.3) is 5.91 Å². The molecule has 0 aliphatic carbocycles. The highest BCUT2D eigenvalue weighted by atomic mass is 79.9. The third kappa shape index (κ3) is 3.43. The molecule has 1 N–H and O–H groups in total. The molecule has 5 nitrogen and oxygen atoms in total. The van der Waals surface area contributed by atoms with Gasteiger partial charge in [0, 0.05) is 16.7 Å². The predicted molar refractivity (Wildman–Crippen MR) is 95.0 cm³/mol. The van der Waals surface area contributed by atoms with Crippen LogP contribution >= 0.6 is 15.9 Å². The molecule has 1 aromatic carbocycles. The zero-order chi connectivity index (χ0) is 17.1. The van der Waals surface area contributed by atoms with Gasteiger partial charge in [0.1, 0.15) is 11.8 Å². The first-order valence-corrected chi connectivity index (χ1v) is 8.44. The van der Waals surface area contributed by atoms with E-state index in [4.69, 9.17) is 4.42 Å². The minimum absolute atomic E-state index is 0.138. The highest BCUT2D eigenvalue weighted by Crippen LogP contribution is 2.21. The van der Waals surface area contributed by atoms with Gasteiger partial charge in [0.05, 0.1) is 17.5 Å². The lowest BCUT2D eigenvalue weighted by molar-refractivity contribution is 0.0947. The molecule has 6 heteroatoms. The van der Waals surface area contributed by atoms with E-state index in [2.05, 4.69) is 26.3 Å². The number of rotatable bonds is 5. The summed E-state index contributed by atoms with van der Waals surface area (Å²) in [5.74, 6) is 0.620. The number of aryl methyl sites for hydroxylation is 2. The van der Waals surface area contributed by atoms with E-state index in [1.807, 2.05) is 54.9 Å². The fraction of sp³-hybridized carbons (Fsp3) is 0.222. The van der Waals surface area contributed by atoms with Gasteiger partial charge in [-0.05, 0) is 60.1 Å². The first-order chi connectivity index (χ1) is 11.6. The molecule has 0 aliphatic heterocycles. The summed E-state index contributed by atoms with van der Waals surface area (Å²) in [6.07, 6.45) is 1.63. The van der Waals surface area contributed by atoms with Crippen LogP contribution in [0.25, 0.3) is 0 Å². The van der Waals surface area contributed by atoms with Gasteiger partial charge in [-0.3, -0.25) is 9.48 Å². The van der Waals surface area contributed by atoms with Crippen LogP contribution in [-0.4, -0.2) is 22.2 Å². The fourth-order valence-electron chi connectivity index (χ4n) is 2.68. The number of nitrogens with zero attached hydrogens (tertiary/aromatic N) is 2. The van der Waals surface area contributed by atoms with Crippen molar-refractivity contribution in [3.8, 4) is 0 Å². The monoisotopic (exact) mass is 387 g/mol. The number of hydrogen-bond acceptors (Lipinski definition) is 3. The van der Waals surface area contributed by atoms with E-state index in [1.54, 1.807) is 12.3 Å².